The van der Waals surface area contributed by atoms with Crippen LogP contribution in [-0.2, 0) is 4.74 Å². The first-order chi connectivity index (χ1) is 18.7. The fraction of sp³-hybridized carbons (Fsp3) is 0.0690. The number of rotatable bonds is 9. The Morgan fingerprint density at radius 3 is 1.97 bits per heavy atom. The van der Waals surface area contributed by atoms with E-state index in [0.29, 0.717) is 5.56 Å². The van der Waals surface area contributed by atoms with E-state index in [-0.39, 0.29) is 39.1 Å². The lowest BCUT2D eigenvalue weighted by atomic mass is 10.1. The van der Waals surface area contributed by atoms with Gasteiger partial charge < -0.3 is 14.2 Å². The van der Waals surface area contributed by atoms with Crippen molar-refractivity contribution in [2.75, 3.05) is 6.61 Å². The van der Waals surface area contributed by atoms with Crippen LogP contribution in [0.3, 0.4) is 0 Å². The highest BCUT2D eigenvalue weighted by Crippen LogP contribution is 2.37. The summed E-state index contributed by atoms with van der Waals surface area (Å²) in [5.74, 6) is -1.38. The molecule has 0 aliphatic rings. The molecule has 196 valence electrons. The molecule has 0 radical (unpaired) electrons. The lowest BCUT2D eigenvalue weighted by molar-refractivity contribution is -0.385. The van der Waals surface area contributed by atoms with E-state index < -0.39 is 29.3 Å². The Labute approximate surface area is 227 Å². The van der Waals surface area contributed by atoms with Crippen LogP contribution in [0.1, 0.15) is 36.6 Å². The molecule has 0 saturated heterocycles. The highest BCUT2D eigenvalue weighted by atomic mass is 35.5. The average molecular weight is 546 g/mol. The topological polar surface area (TPSA) is 122 Å². The zero-order chi connectivity index (χ0) is 27.9. The van der Waals surface area contributed by atoms with Gasteiger partial charge in [0.2, 0.25) is 5.75 Å². The van der Waals surface area contributed by atoms with Gasteiger partial charge in [0, 0.05) is 11.6 Å². The van der Waals surface area contributed by atoms with E-state index in [1.54, 1.807) is 24.3 Å². The third kappa shape index (κ3) is 6.85. The van der Waals surface area contributed by atoms with Crippen molar-refractivity contribution in [1.82, 2.24) is 0 Å². The van der Waals surface area contributed by atoms with Crippen LogP contribution in [0.25, 0.3) is 0 Å². The summed E-state index contributed by atoms with van der Waals surface area (Å²) in [6.45, 7) is 1.40. The smallest absolute Gasteiger partial charge is 0.343 e. The molecule has 10 heteroatoms. The third-order valence-corrected chi connectivity index (χ3v) is 5.76. The molecule has 0 aliphatic heterocycles. The summed E-state index contributed by atoms with van der Waals surface area (Å²) in [5, 5.41) is 11.3. The molecule has 0 aromatic heterocycles. The largest absolute Gasteiger partial charge is 0.454 e. The standard InChI is InChI=1S/C29H20ClNO8/c1-18-5-7-21(8-6-18)29(34)39-23-13-9-19(10-14-23)26(32)17-37-28(33)20-11-15-22(16-12-20)38-27-24(30)3-2-4-25(27)31(35)36/h2-16H,17H2,1H3. The van der Waals surface area contributed by atoms with E-state index in [1.807, 2.05) is 6.92 Å². The Morgan fingerprint density at radius 2 is 1.33 bits per heavy atom. The number of nitro groups is 1. The van der Waals surface area contributed by atoms with Crippen molar-refractivity contribution in [1.29, 1.82) is 0 Å². The molecule has 0 fully saturated rings. The third-order valence-electron chi connectivity index (χ3n) is 5.46. The fourth-order valence-electron chi connectivity index (χ4n) is 3.38. The number of hydrogen-bond acceptors (Lipinski definition) is 8. The van der Waals surface area contributed by atoms with Crippen LogP contribution in [0.5, 0.6) is 17.2 Å². The molecule has 0 saturated carbocycles. The first kappa shape index (κ1) is 27.0. The molecule has 0 atom stereocenters. The number of hydrogen-bond donors (Lipinski definition) is 0. The van der Waals surface area contributed by atoms with Crippen molar-refractivity contribution in [2.24, 2.45) is 0 Å². The predicted octanol–water partition coefficient (Wildman–Crippen LogP) is 6.61. The second-order valence-electron chi connectivity index (χ2n) is 8.25. The molecule has 0 heterocycles. The molecule has 39 heavy (non-hydrogen) atoms. The first-order valence-electron chi connectivity index (χ1n) is 11.5. The Bertz CT molecular complexity index is 1530. The molecule has 0 spiro atoms. The predicted molar refractivity (Wildman–Crippen MR) is 142 cm³/mol. The minimum Gasteiger partial charge on any atom is -0.454 e. The fourth-order valence-corrected chi connectivity index (χ4v) is 3.59. The van der Waals surface area contributed by atoms with Gasteiger partial charge in [-0.15, -0.1) is 0 Å². The number of para-hydroxylation sites is 1. The number of halogens is 1. The number of nitrogens with zero attached hydrogens (tertiary/aromatic N) is 1. The summed E-state index contributed by atoms with van der Waals surface area (Å²) in [6, 6.07) is 22.6. The zero-order valence-corrected chi connectivity index (χ0v) is 21.2. The number of aryl methyl sites for hydroxylation is 1. The molecule has 0 aliphatic carbocycles. The van der Waals surface area contributed by atoms with Gasteiger partial charge in [0.05, 0.1) is 21.1 Å². The molecule has 4 aromatic carbocycles. The Hall–Kier alpha value is -5.02. The number of carbonyl (C=O) groups is 3. The molecule has 4 rings (SSSR count). The summed E-state index contributed by atoms with van der Waals surface area (Å²) in [6.07, 6.45) is 0. The van der Waals surface area contributed by atoms with Crippen LogP contribution in [0, 0.1) is 17.0 Å². The van der Waals surface area contributed by atoms with E-state index in [0.717, 1.165) is 5.56 Å². The Morgan fingerprint density at radius 1 is 0.769 bits per heavy atom. The monoisotopic (exact) mass is 545 g/mol. The van der Waals surface area contributed by atoms with Crippen LogP contribution in [0.15, 0.2) is 91.0 Å². The number of ketones is 1. The van der Waals surface area contributed by atoms with Crippen LogP contribution in [0.2, 0.25) is 5.02 Å². The highest BCUT2D eigenvalue weighted by molar-refractivity contribution is 6.32. The Balaban J connectivity index is 1.31. The SMILES string of the molecule is Cc1ccc(C(=O)Oc2ccc(C(=O)COC(=O)c3ccc(Oc4c(Cl)cccc4[N+](=O)[O-])cc3)cc2)cc1. The molecule has 4 aromatic rings. The van der Waals surface area contributed by atoms with Crippen molar-refractivity contribution in [3.63, 3.8) is 0 Å². The average Bonchev–Trinajstić information content (AvgIpc) is 2.93. The summed E-state index contributed by atoms with van der Waals surface area (Å²) in [5.41, 5.74) is 1.52. The van der Waals surface area contributed by atoms with Gasteiger partial charge in [-0.05, 0) is 73.7 Å². The zero-order valence-electron chi connectivity index (χ0n) is 20.5. The van der Waals surface area contributed by atoms with Gasteiger partial charge in [0.25, 0.3) is 0 Å². The normalized spacial score (nSPS) is 10.4. The van der Waals surface area contributed by atoms with Gasteiger partial charge in [-0.25, -0.2) is 9.59 Å². The van der Waals surface area contributed by atoms with Gasteiger partial charge >= 0.3 is 17.6 Å². The number of benzene rings is 4. The number of esters is 2. The molecule has 0 N–H and O–H groups in total. The van der Waals surface area contributed by atoms with E-state index >= 15 is 0 Å². The lowest BCUT2D eigenvalue weighted by Gasteiger charge is -2.09. The minimum absolute atomic E-state index is 0.0589. The second kappa shape index (κ2) is 12.0. The van der Waals surface area contributed by atoms with Gasteiger partial charge in [-0.1, -0.05) is 35.4 Å². The van der Waals surface area contributed by atoms with Crippen LogP contribution < -0.4 is 9.47 Å². The van der Waals surface area contributed by atoms with Crippen molar-refractivity contribution in [3.8, 4) is 17.2 Å². The summed E-state index contributed by atoms with van der Waals surface area (Å²) >= 11 is 6.03. The maximum absolute atomic E-state index is 12.5. The molecule has 0 amide bonds. The lowest BCUT2D eigenvalue weighted by Crippen LogP contribution is -2.14. The van der Waals surface area contributed by atoms with Gasteiger partial charge in [-0.3, -0.25) is 14.9 Å². The molecule has 0 bridgehead atoms. The van der Waals surface area contributed by atoms with Crippen LogP contribution >= 0.6 is 11.6 Å². The van der Waals surface area contributed by atoms with Crippen LogP contribution in [0.4, 0.5) is 5.69 Å². The number of ether oxygens (including phenoxy) is 3. The van der Waals surface area contributed by atoms with Crippen molar-refractivity contribution < 1.29 is 33.5 Å². The minimum atomic E-state index is -0.748. The van der Waals surface area contributed by atoms with E-state index in [1.165, 1.54) is 66.7 Å². The molecular weight excluding hydrogens is 526 g/mol. The molecular formula is C29H20ClNO8. The van der Waals surface area contributed by atoms with E-state index in [2.05, 4.69) is 0 Å². The quantitative estimate of drug-likeness (QED) is 0.0757. The van der Waals surface area contributed by atoms with Crippen molar-refractivity contribution in [2.45, 2.75) is 6.92 Å². The maximum Gasteiger partial charge on any atom is 0.343 e. The second-order valence-corrected chi connectivity index (χ2v) is 8.66. The van der Waals surface area contributed by atoms with Crippen molar-refractivity contribution in [3.05, 3.63) is 128 Å². The molecule has 0 unspecified atom stereocenters. The number of carbonyl (C=O) groups excluding carboxylic acids is 3. The van der Waals surface area contributed by atoms with Gasteiger partial charge in [-0.2, -0.15) is 0 Å². The van der Waals surface area contributed by atoms with E-state index in [4.69, 9.17) is 25.8 Å². The summed E-state index contributed by atoms with van der Waals surface area (Å²) in [7, 11) is 0. The van der Waals surface area contributed by atoms with Crippen molar-refractivity contribution >= 4 is 35.0 Å². The Kier molecular flexibility index (Phi) is 8.33. The number of Topliss-reactive ketones (excluding diaryl/α,β-unsaturated/α-hetero) is 1. The van der Waals surface area contributed by atoms with Gasteiger partial charge in [0.1, 0.15) is 11.5 Å². The molecule has 9 nitrogen and oxygen atoms in total. The highest BCUT2D eigenvalue weighted by Gasteiger charge is 2.19. The first-order valence-corrected chi connectivity index (χ1v) is 11.9. The summed E-state index contributed by atoms with van der Waals surface area (Å²) < 4.78 is 16.0. The van der Waals surface area contributed by atoms with E-state index in [9.17, 15) is 24.5 Å². The number of nitro benzene ring substituents is 1. The van der Waals surface area contributed by atoms with Crippen LogP contribution in [-0.4, -0.2) is 29.3 Å². The maximum atomic E-state index is 12.5. The summed E-state index contributed by atoms with van der Waals surface area (Å²) in [4.78, 5) is 47.7. The van der Waals surface area contributed by atoms with Gasteiger partial charge in [0.15, 0.2) is 12.4 Å².